The topological polar surface area (TPSA) is 49.4 Å². The maximum atomic E-state index is 10.8. The highest BCUT2D eigenvalue weighted by molar-refractivity contribution is 7.80. The van der Waals surface area contributed by atoms with E-state index in [4.69, 9.17) is 0 Å². The lowest BCUT2D eigenvalue weighted by Crippen LogP contribution is -2.32. The molecule has 1 aliphatic rings. The summed E-state index contributed by atoms with van der Waals surface area (Å²) in [6.45, 7) is 0.528. The summed E-state index contributed by atoms with van der Waals surface area (Å²) in [7, 11) is 0. The van der Waals surface area contributed by atoms with Crippen molar-refractivity contribution < 1.29 is 9.59 Å². The molecule has 1 heterocycles. The summed E-state index contributed by atoms with van der Waals surface area (Å²) in [6, 6.07) is -0.306. The molecule has 0 spiro atoms. The van der Waals surface area contributed by atoms with Crippen LogP contribution in [-0.4, -0.2) is 35.7 Å². The van der Waals surface area contributed by atoms with Crippen molar-refractivity contribution >= 4 is 24.6 Å². The molecule has 1 aliphatic heterocycles. The summed E-state index contributed by atoms with van der Waals surface area (Å²) < 4.78 is 0. The average Bonchev–Trinajstić information content (AvgIpc) is 2.20. The lowest BCUT2D eigenvalue weighted by atomic mass is 10.5. The van der Waals surface area contributed by atoms with Gasteiger partial charge in [-0.2, -0.15) is 12.6 Å². The first kappa shape index (κ1) is 7.40. The molecule has 0 saturated carbocycles. The van der Waals surface area contributed by atoms with Crippen molar-refractivity contribution in [1.82, 2.24) is 10.2 Å². The van der Waals surface area contributed by atoms with Crippen molar-refractivity contribution in [2.45, 2.75) is 0 Å². The van der Waals surface area contributed by atoms with E-state index in [1.165, 1.54) is 0 Å². The molecule has 1 rings (SSSR count). The van der Waals surface area contributed by atoms with Gasteiger partial charge in [0.15, 0.2) is 0 Å². The minimum absolute atomic E-state index is 0.132. The van der Waals surface area contributed by atoms with E-state index in [0.29, 0.717) is 12.3 Å². The summed E-state index contributed by atoms with van der Waals surface area (Å²) in [5, 5.41) is 2.41. The fourth-order valence-corrected chi connectivity index (χ4v) is 0.982. The lowest BCUT2D eigenvalue weighted by molar-refractivity contribution is -0.124. The van der Waals surface area contributed by atoms with Crippen molar-refractivity contribution in [3.63, 3.8) is 0 Å². The standard InChI is InChI=1S/C5H8N2O2S/c8-4-3-6-5(9)7(4)1-2-10/h10H,1-3H2,(H,6,9). The number of hydrogen-bond acceptors (Lipinski definition) is 3. The van der Waals surface area contributed by atoms with Crippen LogP contribution in [0.1, 0.15) is 0 Å². The molecule has 1 fully saturated rings. The van der Waals surface area contributed by atoms with Gasteiger partial charge in [0.25, 0.3) is 0 Å². The van der Waals surface area contributed by atoms with Gasteiger partial charge in [0.2, 0.25) is 5.91 Å². The molecular weight excluding hydrogens is 152 g/mol. The quantitative estimate of drug-likeness (QED) is 0.421. The van der Waals surface area contributed by atoms with Crippen LogP contribution in [0.25, 0.3) is 0 Å². The number of carbonyl (C=O) groups is 2. The molecule has 0 aromatic heterocycles. The second kappa shape index (κ2) is 2.92. The predicted molar refractivity (Wildman–Crippen MR) is 39.0 cm³/mol. The van der Waals surface area contributed by atoms with Crippen molar-refractivity contribution in [3.8, 4) is 0 Å². The molecule has 5 heteroatoms. The third-order valence-electron chi connectivity index (χ3n) is 1.26. The van der Waals surface area contributed by atoms with E-state index >= 15 is 0 Å². The highest BCUT2D eigenvalue weighted by Crippen LogP contribution is 1.97. The van der Waals surface area contributed by atoms with Gasteiger partial charge in [0.05, 0.1) is 6.54 Å². The largest absolute Gasteiger partial charge is 0.329 e. The van der Waals surface area contributed by atoms with Crippen LogP contribution < -0.4 is 5.32 Å². The fourth-order valence-electron chi connectivity index (χ4n) is 0.782. The number of amides is 3. The van der Waals surface area contributed by atoms with Crippen LogP contribution in [0.2, 0.25) is 0 Å². The minimum atomic E-state index is -0.306. The van der Waals surface area contributed by atoms with Crippen LogP contribution in [0.15, 0.2) is 0 Å². The Hall–Kier alpha value is -0.710. The summed E-state index contributed by atoms with van der Waals surface area (Å²) >= 11 is 3.90. The van der Waals surface area contributed by atoms with Gasteiger partial charge in [0, 0.05) is 12.3 Å². The monoisotopic (exact) mass is 160 g/mol. The molecule has 4 nitrogen and oxygen atoms in total. The van der Waals surface area contributed by atoms with Crippen LogP contribution in [0.4, 0.5) is 4.79 Å². The smallest absolute Gasteiger partial charge is 0.324 e. The second-order valence-electron chi connectivity index (χ2n) is 1.93. The van der Waals surface area contributed by atoms with Gasteiger partial charge in [-0.15, -0.1) is 0 Å². The number of nitrogens with zero attached hydrogens (tertiary/aromatic N) is 1. The van der Waals surface area contributed by atoms with E-state index in [0.717, 1.165) is 4.90 Å². The average molecular weight is 160 g/mol. The molecule has 0 unspecified atom stereocenters. The second-order valence-corrected chi connectivity index (χ2v) is 2.37. The van der Waals surface area contributed by atoms with Crippen molar-refractivity contribution in [1.29, 1.82) is 0 Å². The molecular formula is C5H8N2O2S. The molecule has 1 N–H and O–H groups in total. The number of hydrogen-bond donors (Lipinski definition) is 2. The van der Waals surface area contributed by atoms with E-state index in [2.05, 4.69) is 17.9 Å². The van der Waals surface area contributed by atoms with Crippen molar-refractivity contribution in [2.24, 2.45) is 0 Å². The molecule has 0 bridgehead atoms. The molecule has 10 heavy (non-hydrogen) atoms. The zero-order chi connectivity index (χ0) is 7.56. The van der Waals surface area contributed by atoms with Gasteiger partial charge in [-0.05, 0) is 0 Å². The molecule has 56 valence electrons. The van der Waals surface area contributed by atoms with Gasteiger partial charge < -0.3 is 5.32 Å². The third kappa shape index (κ3) is 1.23. The number of nitrogens with one attached hydrogen (secondary N) is 1. The van der Waals surface area contributed by atoms with E-state index in [1.807, 2.05) is 0 Å². The summed E-state index contributed by atoms with van der Waals surface area (Å²) in [6.07, 6.45) is 0. The maximum absolute atomic E-state index is 10.8. The van der Waals surface area contributed by atoms with Gasteiger partial charge >= 0.3 is 6.03 Å². The highest BCUT2D eigenvalue weighted by atomic mass is 32.1. The Balaban J connectivity index is 2.54. The Morgan fingerprint density at radius 2 is 2.30 bits per heavy atom. The number of rotatable bonds is 2. The van der Waals surface area contributed by atoms with Gasteiger partial charge in [-0.25, -0.2) is 4.79 Å². The van der Waals surface area contributed by atoms with Crippen molar-refractivity contribution in [3.05, 3.63) is 0 Å². The first-order valence-corrected chi connectivity index (χ1v) is 3.58. The van der Waals surface area contributed by atoms with Crippen LogP contribution in [0, 0.1) is 0 Å². The number of urea groups is 1. The molecule has 0 aromatic carbocycles. The Labute approximate surface area is 64.0 Å². The van der Waals surface area contributed by atoms with E-state index in [9.17, 15) is 9.59 Å². The highest BCUT2D eigenvalue weighted by Gasteiger charge is 2.26. The summed E-state index contributed by atoms with van der Waals surface area (Å²) in [5.74, 6) is 0.346. The summed E-state index contributed by atoms with van der Waals surface area (Å²) in [4.78, 5) is 22.7. The lowest BCUT2D eigenvalue weighted by Gasteiger charge is -2.08. The molecule has 0 aliphatic carbocycles. The van der Waals surface area contributed by atoms with Gasteiger partial charge in [-0.3, -0.25) is 9.69 Å². The summed E-state index contributed by atoms with van der Waals surface area (Å²) in [5.41, 5.74) is 0. The van der Waals surface area contributed by atoms with E-state index < -0.39 is 0 Å². The normalized spacial score (nSPS) is 17.9. The van der Waals surface area contributed by atoms with Crippen LogP contribution >= 0.6 is 12.6 Å². The van der Waals surface area contributed by atoms with Gasteiger partial charge in [-0.1, -0.05) is 0 Å². The number of imide groups is 1. The zero-order valence-electron chi connectivity index (χ0n) is 5.33. The number of carbonyl (C=O) groups excluding carboxylic acids is 2. The third-order valence-corrected chi connectivity index (χ3v) is 1.46. The SMILES string of the molecule is O=C1CNC(=O)N1CCS. The molecule has 0 atom stereocenters. The Kier molecular flexibility index (Phi) is 2.16. The van der Waals surface area contributed by atoms with Gasteiger partial charge in [0.1, 0.15) is 0 Å². The Morgan fingerprint density at radius 1 is 1.60 bits per heavy atom. The predicted octanol–water partition coefficient (Wildman–Crippen LogP) is -0.532. The Morgan fingerprint density at radius 3 is 2.70 bits per heavy atom. The van der Waals surface area contributed by atoms with Crippen LogP contribution in [0.5, 0.6) is 0 Å². The molecule has 0 aromatic rings. The first-order chi connectivity index (χ1) is 4.75. The zero-order valence-corrected chi connectivity index (χ0v) is 6.23. The molecule has 1 saturated heterocycles. The number of thiol groups is 1. The van der Waals surface area contributed by atoms with Crippen LogP contribution in [-0.2, 0) is 4.79 Å². The minimum Gasteiger partial charge on any atom is -0.329 e. The van der Waals surface area contributed by atoms with Crippen LogP contribution in [0.3, 0.4) is 0 Å². The fraction of sp³-hybridized carbons (Fsp3) is 0.600. The Bertz CT molecular complexity index is 155. The van der Waals surface area contributed by atoms with Crippen molar-refractivity contribution in [2.75, 3.05) is 18.8 Å². The molecule has 0 radical (unpaired) electrons. The maximum Gasteiger partial charge on any atom is 0.324 e. The van der Waals surface area contributed by atoms with E-state index in [1.54, 1.807) is 0 Å². The first-order valence-electron chi connectivity index (χ1n) is 2.95. The van der Waals surface area contributed by atoms with E-state index in [-0.39, 0.29) is 18.5 Å². The molecule has 3 amide bonds.